The molecule has 2 nitrogen and oxygen atoms in total. The summed E-state index contributed by atoms with van der Waals surface area (Å²) in [5.74, 6) is 5.97. The van der Waals surface area contributed by atoms with E-state index in [0.717, 1.165) is 67.1 Å². The molecule has 5 fully saturated rings. The van der Waals surface area contributed by atoms with Crippen molar-refractivity contribution < 1.29 is 10.2 Å². The molecule has 0 amide bonds. The highest BCUT2D eigenvalue weighted by Crippen LogP contribution is 2.65. The number of allylic oxidation sites excluding steroid dienone is 1. The fourth-order valence-corrected chi connectivity index (χ4v) is 9.61. The first-order valence-corrected chi connectivity index (χ1v) is 13.3. The Labute approximate surface area is 184 Å². The average molecular weight is 415 g/mol. The molecule has 5 aliphatic rings. The van der Waals surface area contributed by atoms with Gasteiger partial charge in [-0.15, -0.1) is 0 Å². The Balaban J connectivity index is 1.26. The van der Waals surface area contributed by atoms with Crippen LogP contribution in [0.15, 0.2) is 12.2 Å². The highest BCUT2D eigenvalue weighted by molar-refractivity contribution is 5.16. The number of aliphatic hydroxyl groups excluding tert-OH is 1. The zero-order chi connectivity index (χ0) is 21.1. The number of hydrogen-bond donors (Lipinski definition) is 2. The summed E-state index contributed by atoms with van der Waals surface area (Å²) in [6.07, 6.45) is 17.3. The van der Waals surface area contributed by atoms with Crippen molar-refractivity contribution in [3.63, 3.8) is 0 Å². The van der Waals surface area contributed by atoms with E-state index >= 15 is 0 Å². The first-order chi connectivity index (χ1) is 14.3. The van der Waals surface area contributed by atoms with Gasteiger partial charge in [-0.1, -0.05) is 19.1 Å². The molecule has 2 N–H and O–H groups in total. The summed E-state index contributed by atoms with van der Waals surface area (Å²) < 4.78 is 0. The monoisotopic (exact) mass is 414 g/mol. The van der Waals surface area contributed by atoms with Gasteiger partial charge in [0.05, 0.1) is 11.7 Å². The van der Waals surface area contributed by atoms with Crippen molar-refractivity contribution >= 4 is 0 Å². The van der Waals surface area contributed by atoms with Gasteiger partial charge < -0.3 is 10.2 Å². The Kier molecular flexibility index (Phi) is 5.67. The van der Waals surface area contributed by atoms with Gasteiger partial charge in [0.2, 0.25) is 0 Å². The molecule has 0 saturated heterocycles. The van der Waals surface area contributed by atoms with Crippen LogP contribution in [0.4, 0.5) is 0 Å². The molecule has 0 aromatic rings. The zero-order valence-corrected chi connectivity index (χ0v) is 19.6. The maximum atomic E-state index is 10.6. The van der Waals surface area contributed by atoms with Gasteiger partial charge in [-0.2, -0.15) is 0 Å². The molecule has 0 aromatic heterocycles. The molecule has 0 radical (unpaired) electrons. The standard InChI is InChI=1S/C28H46O2/c1-18(16-19-4-7-21(29)8-5-19)25-10-11-26-24-9-6-20-17-27(2,30)14-12-22(20)23(24)13-15-28(25,26)3/h19-26,29-30H,1,4-17H2,2-3H3/t19?,20-,21?,22+,23-,24-,25-,26+,27-,28-/m1/s1. The molecule has 5 aliphatic carbocycles. The molecule has 0 unspecified atom stereocenters. The highest BCUT2D eigenvalue weighted by atomic mass is 16.3. The van der Waals surface area contributed by atoms with Crippen molar-refractivity contribution in [3.05, 3.63) is 12.2 Å². The van der Waals surface area contributed by atoms with E-state index in [2.05, 4.69) is 20.4 Å². The first kappa shape index (κ1) is 21.5. The quantitative estimate of drug-likeness (QED) is 0.517. The smallest absolute Gasteiger partial charge is 0.0622 e. The van der Waals surface area contributed by atoms with E-state index in [0.29, 0.717) is 5.41 Å². The fourth-order valence-electron chi connectivity index (χ4n) is 9.61. The molecule has 170 valence electrons. The van der Waals surface area contributed by atoms with Crippen LogP contribution in [0, 0.1) is 46.8 Å². The summed E-state index contributed by atoms with van der Waals surface area (Å²) in [5, 5.41) is 20.5. The molecule has 30 heavy (non-hydrogen) atoms. The number of fused-ring (bicyclic) bond motifs is 5. The molecular weight excluding hydrogens is 368 g/mol. The highest BCUT2D eigenvalue weighted by Gasteiger charge is 2.57. The largest absolute Gasteiger partial charge is 0.393 e. The summed E-state index contributed by atoms with van der Waals surface area (Å²) in [6, 6.07) is 0. The van der Waals surface area contributed by atoms with Crippen molar-refractivity contribution in [3.8, 4) is 0 Å². The summed E-state index contributed by atoms with van der Waals surface area (Å²) in [6.45, 7) is 9.40. The molecule has 0 aliphatic heterocycles. The molecule has 0 bridgehead atoms. The van der Waals surface area contributed by atoms with E-state index in [9.17, 15) is 10.2 Å². The second-order valence-corrected chi connectivity index (χ2v) is 12.9. The first-order valence-electron chi connectivity index (χ1n) is 13.3. The van der Waals surface area contributed by atoms with Crippen molar-refractivity contribution in [2.75, 3.05) is 0 Å². The van der Waals surface area contributed by atoms with Gasteiger partial charge in [-0.3, -0.25) is 0 Å². The van der Waals surface area contributed by atoms with Gasteiger partial charge in [-0.05, 0) is 144 Å². The van der Waals surface area contributed by atoms with E-state index in [4.69, 9.17) is 0 Å². The third-order valence-electron chi connectivity index (χ3n) is 11.1. The predicted molar refractivity (Wildman–Crippen MR) is 123 cm³/mol. The molecular formula is C28H46O2. The van der Waals surface area contributed by atoms with Crippen LogP contribution in [0.25, 0.3) is 0 Å². The minimum absolute atomic E-state index is 0.0446. The van der Waals surface area contributed by atoms with E-state index in [-0.39, 0.29) is 6.10 Å². The number of aliphatic hydroxyl groups is 2. The second kappa shape index (κ2) is 7.91. The van der Waals surface area contributed by atoms with Crippen LogP contribution < -0.4 is 0 Å². The van der Waals surface area contributed by atoms with Crippen molar-refractivity contribution in [2.24, 2.45) is 46.8 Å². The Morgan fingerprint density at radius 2 is 1.57 bits per heavy atom. The Hall–Kier alpha value is -0.340. The summed E-state index contributed by atoms with van der Waals surface area (Å²) in [5.41, 5.74) is 1.64. The molecule has 5 rings (SSSR count). The minimum atomic E-state index is -0.400. The van der Waals surface area contributed by atoms with Gasteiger partial charge in [0, 0.05) is 0 Å². The summed E-state index contributed by atoms with van der Waals surface area (Å²) >= 11 is 0. The Morgan fingerprint density at radius 3 is 2.33 bits per heavy atom. The Bertz CT molecular complexity index is 645. The molecule has 0 aromatic carbocycles. The lowest BCUT2D eigenvalue weighted by molar-refractivity contribution is -0.0979. The summed E-state index contributed by atoms with van der Waals surface area (Å²) in [7, 11) is 0. The van der Waals surface area contributed by atoms with Crippen LogP contribution in [-0.2, 0) is 0 Å². The lowest BCUT2D eigenvalue weighted by Crippen LogP contribution is -2.50. The maximum absolute atomic E-state index is 10.6. The van der Waals surface area contributed by atoms with Crippen molar-refractivity contribution in [2.45, 2.75) is 115 Å². The van der Waals surface area contributed by atoms with Crippen LogP contribution >= 0.6 is 0 Å². The Morgan fingerprint density at radius 1 is 0.833 bits per heavy atom. The lowest BCUT2D eigenvalue weighted by Gasteiger charge is -2.57. The van der Waals surface area contributed by atoms with Gasteiger partial charge in [0.25, 0.3) is 0 Å². The van der Waals surface area contributed by atoms with E-state index in [1.165, 1.54) is 64.2 Å². The molecule has 0 heterocycles. The van der Waals surface area contributed by atoms with E-state index < -0.39 is 5.60 Å². The van der Waals surface area contributed by atoms with Crippen molar-refractivity contribution in [1.29, 1.82) is 0 Å². The van der Waals surface area contributed by atoms with Crippen LogP contribution in [-0.4, -0.2) is 21.9 Å². The second-order valence-electron chi connectivity index (χ2n) is 12.9. The molecule has 8 atom stereocenters. The van der Waals surface area contributed by atoms with Gasteiger partial charge in [0.15, 0.2) is 0 Å². The fraction of sp³-hybridized carbons (Fsp3) is 0.929. The normalized spacial score (nSPS) is 53.5. The number of rotatable bonds is 3. The molecule has 0 spiro atoms. The minimum Gasteiger partial charge on any atom is -0.393 e. The van der Waals surface area contributed by atoms with Crippen LogP contribution in [0.2, 0.25) is 0 Å². The zero-order valence-electron chi connectivity index (χ0n) is 19.6. The topological polar surface area (TPSA) is 40.5 Å². The van der Waals surface area contributed by atoms with Crippen LogP contribution in [0.5, 0.6) is 0 Å². The maximum Gasteiger partial charge on any atom is 0.0622 e. The number of hydrogen-bond acceptors (Lipinski definition) is 2. The van der Waals surface area contributed by atoms with Gasteiger partial charge >= 0.3 is 0 Å². The van der Waals surface area contributed by atoms with E-state index in [1.54, 1.807) is 5.57 Å². The molecule has 5 saturated carbocycles. The third-order valence-corrected chi connectivity index (χ3v) is 11.1. The van der Waals surface area contributed by atoms with Gasteiger partial charge in [-0.25, -0.2) is 0 Å². The molecule has 2 heteroatoms. The van der Waals surface area contributed by atoms with Crippen LogP contribution in [0.1, 0.15) is 104 Å². The van der Waals surface area contributed by atoms with E-state index in [1.807, 2.05) is 0 Å². The SMILES string of the molecule is C=C(CC1CCC(O)CC1)[C@H]1CC[C@H]2[C@@H]3CC[C@@H]4C[C@](C)(O)CC[C@@H]4[C@H]3CC[C@]12C. The van der Waals surface area contributed by atoms with Gasteiger partial charge in [0.1, 0.15) is 0 Å². The predicted octanol–water partition coefficient (Wildman–Crippen LogP) is 6.50. The third kappa shape index (κ3) is 3.72. The lowest BCUT2D eigenvalue weighted by atomic mass is 9.48. The average Bonchev–Trinajstić information content (AvgIpc) is 3.06. The van der Waals surface area contributed by atoms with Crippen molar-refractivity contribution in [1.82, 2.24) is 0 Å². The van der Waals surface area contributed by atoms with Crippen LogP contribution in [0.3, 0.4) is 0 Å². The summed E-state index contributed by atoms with van der Waals surface area (Å²) in [4.78, 5) is 0.